The number of rotatable bonds is 3. The summed E-state index contributed by atoms with van der Waals surface area (Å²) in [5.41, 5.74) is 6.10. The van der Waals surface area contributed by atoms with E-state index in [1.54, 1.807) is 24.4 Å². The van der Waals surface area contributed by atoms with E-state index in [1.165, 1.54) is 24.9 Å². The second kappa shape index (κ2) is 5.46. The van der Waals surface area contributed by atoms with E-state index in [1.807, 2.05) is 0 Å². The zero-order chi connectivity index (χ0) is 13.1. The van der Waals surface area contributed by atoms with Gasteiger partial charge in [0.2, 0.25) is 0 Å². The van der Waals surface area contributed by atoms with E-state index < -0.39 is 5.82 Å². The van der Waals surface area contributed by atoms with Gasteiger partial charge in [-0.2, -0.15) is 0 Å². The number of pyridine rings is 1. The molecule has 1 aromatic carbocycles. The van der Waals surface area contributed by atoms with Crippen molar-refractivity contribution in [2.45, 2.75) is 9.92 Å². The first-order valence-electron chi connectivity index (χ1n) is 5.02. The van der Waals surface area contributed by atoms with Gasteiger partial charge in [-0.15, -0.1) is 0 Å². The van der Waals surface area contributed by atoms with E-state index in [2.05, 4.69) is 4.98 Å². The van der Waals surface area contributed by atoms with Crippen molar-refractivity contribution in [3.63, 3.8) is 0 Å². The fraction of sp³-hybridized carbons (Fsp3) is 0.0833. The number of hydrogen-bond donors (Lipinski definition) is 1. The number of aromatic nitrogens is 1. The van der Waals surface area contributed by atoms with E-state index in [-0.39, 0.29) is 5.75 Å². The summed E-state index contributed by atoms with van der Waals surface area (Å²) in [5.74, 6) is -0.330. The van der Waals surface area contributed by atoms with Crippen molar-refractivity contribution in [1.82, 2.24) is 4.98 Å². The highest BCUT2D eigenvalue weighted by Crippen LogP contribution is 2.35. The van der Waals surface area contributed by atoms with E-state index >= 15 is 0 Å². The van der Waals surface area contributed by atoms with Crippen LogP contribution < -0.4 is 10.5 Å². The third kappa shape index (κ3) is 2.86. The van der Waals surface area contributed by atoms with Crippen LogP contribution >= 0.6 is 23.4 Å². The molecule has 3 nitrogen and oxygen atoms in total. The molecule has 0 aliphatic carbocycles. The molecule has 2 aromatic rings. The van der Waals surface area contributed by atoms with E-state index in [0.717, 1.165) is 5.03 Å². The molecule has 0 bridgehead atoms. The number of methoxy groups -OCH3 is 1. The van der Waals surface area contributed by atoms with Crippen LogP contribution in [0.3, 0.4) is 0 Å². The Bertz CT molecular complexity index is 563. The molecule has 94 valence electrons. The molecule has 2 N–H and O–H groups in total. The lowest BCUT2D eigenvalue weighted by molar-refractivity contribution is 0.385. The summed E-state index contributed by atoms with van der Waals surface area (Å²) in [4.78, 5) is 4.82. The van der Waals surface area contributed by atoms with Gasteiger partial charge >= 0.3 is 0 Å². The third-order valence-corrected chi connectivity index (χ3v) is 3.45. The quantitative estimate of drug-likeness (QED) is 0.875. The van der Waals surface area contributed by atoms with Crippen LogP contribution in [0.25, 0.3) is 0 Å². The Labute approximate surface area is 113 Å². The van der Waals surface area contributed by atoms with Crippen LogP contribution in [0.1, 0.15) is 0 Å². The summed E-state index contributed by atoms with van der Waals surface area (Å²) >= 11 is 7.07. The SMILES string of the molecule is COc1cc(Sc2ccc(Cl)cn2)c(N)cc1F. The minimum absolute atomic E-state index is 0.153. The first-order chi connectivity index (χ1) is 8.60. The largest absolute Gasteiger partial charge is 0.494 e. The molecule has 2 rings (SSSR count). The highest BCUT2D eigenvalue weighted by molar-refractivity contribution is 7.99. The molecule has 0 amide bonds. The van der Waals surface area contributed by atoms with Crippen LogP contribution in [0.15, 0.2) is 40.4 Å². The van der Waals surface area contributed by atoms with Gasteiger partial charge in [-0.1, -0.05) is 23.4 Å². The normalized spacial score (nSPS) is 10.4. The Morgan fingerprint density at radius 1 is 1.39 bits per heavy atom. The topological polar surface area (TPSA) is 48.1 Å². The molecule has 0 unspecified atom stereocenters. The van der Waals surface area contributed by atoms with Crippen molar-refractivity contribution in [1.29, 1.82) is 0 Å². The number of anilines is 1. The summed E-state index contributed by atoms with van der Waals surface area (Å²) in [6, 6.07) is 6.28. The first kappa shape index (κ1) is 13.0. The van der Waals surface area contributed by atoms with Crippen LogP contribution in [0, 0.1) is 5.82 Å². The van der Waals surface area contributed by atoms with Crippen molar-refractivity contribution in [2.24, 2.45) is 0 Å². The molecule has 0 atom stereocenters. The number of nitrogens with zero attached hydrogens (tertiary/aromatic N) is 1. The molecule has 18 heavy (non-hydrogen) atoms. The molecule has 0 fully saturated rings. The van der Waals surface area contributed by atoms with Gasteiger partial charge in [-0.3, -0.25) is 0 Å². The van der Waals surface area contributed by atoms with Gasteiger partial charge in [0.15, 0.2) is 11.6 Å². The van der Waals surface area contributed by atoms with Gasteiger partial charge in [0.1, 0.15) is 5.03 Å². The molecule has 0 spiro atoms. The predicted molar refractivity (Wildman–Crippen MR) is 70.7 cm³/mol. The average molecular weight is 285 g/mol. The Balaban J connectivity index is 2.31. The molecular formula is C12H10ClFN2OS. The maximum absolute atomic E-state index is 13.4. The van der Waals surface area contributed by atoms with Gasteiger partial charge in [0, 0.05) is 22.8 Å². The predicted octanol–water partition coefficient (Wildman–Crippen LogP) is 3.62. The fourth-order valence-electron chi connectivity index (χ4n) is 1.33. The zero-order valence-corrected chi connectivity index (χ0v) is 11.1. The van der Waals surface area contributed by atoms with Crippen molar-refractivity contribution in [2.75, 3.05) is 12.8 Å². The summed E-state index contributed by atoms with van der Waals surface area (Å²) < 4.78 is 18.3. The van der Waals surface area contributed by atoms with Gasteiger partial charge in [0.05, 0.1) is 12.1 Å². The van der Waals surface area contributed by atoms with E-state index in [0.29, 0.717) is 15.6 Å². The maximum atomic E-state index is 13.4. The lowest BCUT2D eigenvalue weighted by Gasteiger charge is -2.08. The Hall–Kier alpha value is -1.46. The zero-order valence-electron chi connectivity index (χ0n) is 9.48. The van der Waals surface area contributed by atoms with E-state index in [9.17, 15) is 4.39 Å². The van der Waals surface area contributed by atoms with E-state index in [4.69, 9.17) is 22.1 Å². The third-order valence-electron chi connectivity index (χ3n) is 2.20. The van der Waals surface area contributed by atoms with Crippen LogP contribution in [-0.2, 0) is 0 Å². The lowest BCUT2D eigenvalue weighted by Crippen LogP contribution is -1.94. The second-order valence-electron chi connectivity index (χ2n) is 3.44. The Morgan fingerprint density at radius 2 is 2.17 bits per heavy atom. The fourth-order valence-corrected chi connectivity index (χ4v) is 2.25. The minimum Gasteiger partial charge on any atom is -0.494 e. The maximum Gasteiger partial charge on any atom is 0.167 e. The van der Waals surface area contributed by atoms with Crippen molar-refractivity contribution < 1.29 is 9.13 Å². The Morgan fingerprint density at radius 3 is 2.78 bits per heavy atom. The number of halogens is 2. The molecule has 6 heteroatoms. The van der Waals surface area contributed by atoms with Crippen LogP contribution in [0.5, 0.6) is 5.75 Å². The standard InChI is InChI=1S/C12H10ClFN2OS/c1-17-10-5-11(9(15)4-8(10)14)18-12-3-2-7(13)6-16-12/h2-6H,15H2,1H3. The minimum atomic E-state index is -0.483. The molecule has 0 aliphatic heterocycles. The number of ether oxygens (including phenoxy) is 1. The van der Waals surface area contributed by atoms with Gasteiger partial charge in [-0.05, 0) is 18.2 Å². The molecule has 0 aliphatic rings. The lowest BCUT2D eigenvalue weighted by atomic mass is 10.3. The number of hydrogen-bond acceptors (Lipinski definition) is 4. The van der Waals surface area contributed by atoms with Gasteiger partial charge in [0.25, 0.3) is 0 Å². The molecular weight excluding hydrogens is 275 g/mol. The monoisotopic (exact) mass is 284 g/mol. The van der Waals surface area contributed by atoms with Crippen molar-refractivity contribution in [3.8, 4) is 5.75 Å². The summed E-state index contributed by atoms with van der Waals surface area (Å²) in [5, 5.41) is 1.28. The van der Waals surface area contributed by atoms with Gasteiger partial charge < -0.3 is 10.5 Å². The number of benzene rings is 1. The average Bonchev–Trinajstić information content (AvgIpc) is 2.35. The number of nitrogens with two attached hydrogens (primary N) is 1. The number of nitrogen functional groups attached to an aromatic ring is 1. The molecule has 0 saturated carbocycles. The Kier molecular flexibility index (Phi) is 3.93. The van der Waals surface area contributed by atoms with Crippen molar-refractivity contribution in [3.05, 3.63) is 41.3 Å². The molecule has 1 heterocycles. The van der Waals surface area contributed by atoms with Gasteiger partial charge in [-0.25, -0.2) is 9.37 Å². The summed E-state index contributed by atoms with van der Waals surface area (Å²) in [7, 11) is 1.41. The highest BCUT2D eigenvalue weighted by Gasteiger charge is 2.10. The first-order valence-corrected chi connectivity index (χ1v) is 6.22. The van der Waals surface area contributed by atoms with Crippen LogP contribution in [-0.4, -0.2) is 12.1 Å². The molecule has 0 radical (unpaired) electrons. The second-order valence-corrected chi connectivity index (χ2v) is 4.94. The smallest absolute Gasteiger partial charge is 0.167 e. The highest BCUT2D eigenvalue weighted by atomic mass is 35.5. The summed E-state index contributed by atoms with van der Waals surface area (Å²) in [6.07, 6.45) is 1.54. The van der Waals surface area contributed by atoms with Crippen LogP contribution in [0.4, 0.5) is 10.1 Å². The van der Waals surface area contributed by atoms with Crippen LogP contribution in [0.2, 0.25) is 5.02 Å². The molecule has 1 aromatic heterocycles. The van der Waals surface area contributed by atoms with Crippen molar-refractivity contribution >= 4 is 29.1 Å². The molecule has 0 saturated heterocycles. The summed E-state index contributed by atoms with van der Waals surface area (Å²) in [6.45, 7) is 0.